The molecule has 0 spiro atoms. The van der Waals surface area contributed by atoms with Crippen LogP contribution in [-0.2, 0) is 7.05 Å². The highest BCUT2D eigenvalue weighted by atomic mass is 16.2. The van der Waals surface area contributed by atoms with E-state index in [-0.39, 0.29) is 23.3 Å². The zero-order valence-corrected chi connectivity index (χ0v) is 12.4. The number of H-pyrrole nitrogens is 1. The average molecular weight is 291 g/mol. The van der Waals surface area contributed by atoms with Crippen LogP contribution in [0.3, 0.4) is 0 Å². The van der Waals surface area contributed by atoms with Gasteiger partial charge in [0.25, 0.3) is 5.56 Å². The van der Waals surface area contributed by atoms with Crippen LogP contribution in [0.1, 0.15) is 56.9 Å². The van der Waals surface area contributed by atoms with Crippen molar-refractivity contribution in [2.24, 2.45) is 12.8 Å². The fourth-order valence-corrected chi connectivity index (χ4v) is 3.10. The topological polar surface area (TPSA) is 98.7 Å². The SMILES string of the molecule is CC(N)c1nc2c([nH]1)c(=O)n(C)c(=O)n2C1CCCCC1. The Bertz CT molecular complexity index is 777. The van der Waals surface area contributed by atoms with Gasteiger partial charge in [-0.05, 0) is 19.8 Å². The zero-order chi connectivity index (χ0) is 15.1. The van der Waals surface area contributed by atoms with Gasteiger partial charge in [-0.2, -0.15) is 0 Å². The van der Waals surface area contributed by atoms with Gasteiger partial charge in [-0.25, -0.2) is 9.78 Å². The molecule has 1 unspecified atom stereocenters. The van der Waals surface area contributed by atoms with Gasteiger partial charge in [0.15, 0.2) is 5.65 Å². The Balaban J connectivity index is 2.30. The lowest BCUT2D eigenvalue weighted by Gasteiger charge is -2.24. The highest BCUT2D eigenvalue weighted by Crippen LogP contribution is 2.28. The minimum absolute atomic E-state index is 0.116. The van der Waals surface area contributed by atoms with Gasteiger partial charge in [0.2, 0.25) is 0 Å². The maximum Gasteiger partial charge on any atom is 0.332 e. The van der Waals surface area contributed by atoms with Crippen molar-refractivity contribution in [2.75, 3.05) is 0 Å². The number of aromatic amines is 1. The molecule has 1 aliphatic carbocycles. The van der Waals surface area contributed by atoms with Crippen molar-refractivity contribution < 1.29 is 0 Å². The molecule has 2 aromatic rings. The predicted molar refractivity (Wildman–Crippen MR) is 80.3 cm³/mol. The minimum Gasteiger partial charge on any atom is -0.335 e. The molecule has 0 aromatic carbocycles. The van der Waals surface area contributed by atoms with Crippen LogP contribution in [0.15, 0.2) is 9.59 Å². The Labute approximate surface area is 121 Å². The summed E-state index contributed by atoms with van der Waals surface area (Å²) in [5, 5.41) is 0. The number of hydrogen-bond acceptors (Lipinski definition) is 4. The summed E-state index contributed by atoms with van der Waals surface area (Å²) in [6.45, 7) is 1.80. The van der Waals surface area contributed by atoms with Crippen molar-refractivity contribution >= 4 is 11.2 Å². The highest BCUT2D eigenvalue weighted by Gasteiger charge is 2.23. The summed E-state index contributed by atoms with van der Waals surface area (Å²) >= 11 is 0. The van der Waals surface area contributed by atoms with Crippen molar-refractivity contribution in [3.63, 3.8) is 0 Å². The number of nitrogens with zero attached hydrogens (tertiary/aromatic N) is 3. The lowest BCUT2D eigenvalue weighted by atomic mass is 9.95. The van der Waals surface area contributed by atoms with Crippen LogP contribution in [0.4, 0.5) is 0 Å². The van der Waals surface area contributed by atoms with E-state index in [1.807, 2.05) is 0 Å². The summed E-state index contributed by atoms with van der Waals surface area (Å²) < 4.78 is 2.83. The number of hydrogen-bond donors (Lipinski definition) is 2. The average Bonchev–Trinajstić information content (AvgIpc) is 2.91. The van der Waals surface area contributed by atoms with Crippen LogP contribution < -0.4 is 17.0 Å². The first-order chi connectivity index (χ1) is 10.0. The quantitative estimate of drug-likeness (QED) is 0.860. The molecule has 0 saturated heterocycles. The van der Waals surface area contributed by atoms with Gasteiger partial charge < -0.3 is 10.7 Å². The Morgan fingerprint density at radius 2 is 1.95 bits per heavy atom. The fourth-order valence-electron chi connectivity index (χ4n) is 3.10. The zero-order valence-electron chi connectivity index (χ0n) is 12.4. The van der Waals surface area contributed by atoms with E-state index in [2.05, 4.69) is 9.97 Å². The molecule has 1 aliphatic rings. The predicted octanol–water partition coefficient (Wildman–Crippen LogP) is 0.948. The molecular weight excluding hydrogens is 270 g/mol. The molecule has 0 radical (unpaired) electrons. The summed E-state index contributed by atoms with van der Waals surface area (Å²) in [6, 6.07) is -0.193. The van der Waals surface area contributed by atoms with Crippen LogP contribution in [0.2, 0.25) is 0 Å². The Morgan fingerprint density at radius 1 is 1.29 bits per heavy atom. The second-order valence-electron chi connectivity index (χ2n) is 5.92. The molecule has 1 atom stereocenters. The fraction of sp³-hybridized carbons (Fsp3) is 0.643. The molecule has 7 nitrogen and oxygen atoms in total. The van der Waals surface area contributed by atoms with Gasteiger partial charge >= 0.3 is 5.69 Å². The van der Waals surface area contributed by atoms with Crippen molar-refractivity contribution in [3.05, 3.63) is 26.7 Å². The minimum atomic E-state index is -0.346. The van der Waals surface area contributed by atoms with E-state index < -0.39 is 0 Å². The third-order valence-corrected chi connectivity index (χ3v) is 4.31. The van der Waals surface area contributed by atoms with E-state index in [1.54, 1.807) is 11.5 Å². The molecule has 0 amide bonds. The summed E-state index contributed by atoms with van der Waals surface area (Å²) in [5.41, 5.74) is 6.02. The number of aromatic nitrogens is 4. The van der Waals surface area contributed by atoms with E-state index in [9.17, 15) is 9.59 Å². The molecule has 1 fully saturated rings. The van der Waals surface area contributed by atoms with Gasteiger partial charge in [0, 0.05) is 13.1 Å². The van der Waals surface area contributed by atoms with Gasteiger partial charge in [-0.3, -0.25) is 13.9 Å². The standard InChI is InChI=1S/C14H21N5O2/c1-8(15)11-16-10-12(17-11)19(9-6-4-3-5-7-9)14(21)18(2)13(10)20/h8-9H,3-7,15H2,1-2H3,(H,16,17). The summed E-state index contributed by atoms with van der Waals surface area (Å²) in [4.78, 5) is 32.2. The lowest BCUT2D eigenvalue weighted by molar-refractivity contribution is 0.344. The largest absolute Gasteiger partial charge is 0.335 e. The first kappa shape index (κ1) is 14.1. The maximum atomic E-state index is 12.5. The molecule has 3 rings (SSSR count). The van der Waals surface area contributed by atoms with Crippen molar-refractivity contribution in [1.82, 2.24) is 19.1 Å². The van der Waals surface area contributed by atoms with E-state index in [1.165, 1.54) is 13.5 Å². The van der Waals surface area contributed by atoms with Crippen molar-refractivity contribution in [1.29, 1.82) is 0 Å². The smallest absolute Gasteiger partial charge is 0.332 e. The number of nitrogens with one attached hydrogen (secondary N) is 1. The number of nitrogens with two attached hydrogens (primary N) is 1. The molecule has 3 N–H and O–H groups in total. The second-order valence-corrected chi connectivity index (χ2v) is 5.92. The maximum absolute atomic E-state index is 12.5. The third-order valence-electron chi connectivity index (χ3n) is 4.31. The molecule has 2 heterocycles. The lowest BCUT2D eigenvalue weighted by Crippen LogP contribution is -2.40. The van der Waals surface area contributed by atoms with Crippen molar-refractivity contribution in [2.45, 2.75) is 51.1 Å². The molecule has 1 saturated carbocycles. The molecule has 21 heavy (non-hydrogen) atoms. The molecular formula is C14H21N5O2. The van der Waals surface area contributed by atoms with Crippen molar-refractivity contribution in [3.8, 4) is 0 Å². The van der Waals surface area contributed by atoms with E-state index >= 15 is 0 Å². The van der Waals surface area contributed by atoms with E-state index in [0.29, 0.717) is 17.0 Å². The van der Waals surface area contributed by atoms with Crippen LogP contribution >= 0.6 is 0 Å². The second kappa shape index (κ2) is 5.14. The first-order valence-corrected chi connectivity index (χ1v) is 7.47. The molecule has 0 bridgehead atoms. The molecule has 114 valence electrons. The van der Waals surface area contributed by atoms with Crippen LogP contribution in [0.25, 0.3) is 11.2 Å². The van der Waals surface area contributed by atoms with E-state index in [0.717, 1.165) is 30.3 Å². The normalized spacial score (nSPS) is 18.2. The molecule has 2 aromatic heterocycles. The third kappa shape index (κ3) is 2.21. The van der Waals surface area contributed by atoms with Gasteiger partial charge in [0.1, 0.15) is 11.3 Å². The number of rotatable bonds is 2. The monoisotopic (exact) mass is 291 g/mol. The first-order valence-electron chi connectivity index (χ1n) is 7.47. The van der Waals surface area contributed by atoms with Gasteiger partial charge in [-0.15, -0.1) is 0 Å². The Hall–Kier alpha value is -1.89. The molecule has 0 aliphatic heterocycles. The Kier molecular flexibility index (Phi) is 3.44. The van der Waals surface area contributed by atoms with E-state index in [4.69, 9.17) is 5.73 Å². The van der Waals surface area contributed by atoms with Crippen LogP contribution in [0.5, 0.6) is 0 Å². The summed E-state index contributed by atoms with van der Waals surface area (Å²) in [6.07, 6.45) is 5.31. The van der Waals surface area contributed by atoms with Crippen LogP contribution in [0, 0.1) is 0 Å². The Morgan fingerprint density at radius 3 is 2.57 bits per heavy atom. The van der Waals surface area contributed by atoms with Gasteiger partial charge in [0.05, 0.1) is 6.04 Å². The van der Waals surface area contributed by atoms with Crippen LogP contribution in [-0.4, -0.2) is 19.1 Å². The summed E-state index contributed by atoms with van der Waals surface area (Å²) in [5.74, 6) is 0.539. The molecule has 7 heteroatoms. The highest BCUT2D eigenvalue weighted by molar-refractivity contribution is 5.70. The number of fused-ring (bicyclic) bond motifs is 1. The number of imidazole rings is 1. The summed E-state index contributed by atoms with van der Waals surface area (Å²) in [7, 11) is 1.51. The van der Waals surface area contributed by atoms with Gasteiger partial charge in [-0.1, -0.05) is 19.3 Å².